The molecular weight excluding hydrogens is 275 g/mol. The van der Waals surface area contributed by atoms with E-state index in [2.05, 4.69) is 5.10 Å². The zero-order valence-corrected chi connectivity index (χ0v) is 10.3. The topological polar surface area (TPSA) is 72.2 Å². The first-order valence-corrected chi connectivity index (χ1v) is 5.60. The lowest BCUT2D eigenvalue weighted by Crippen LogP contribution is -2.26. The summed E-state index contributed by atoms with van der Waals surface area (Å²) in [7, 11) is 0. The van der Waals surface area contributed by atoms with Gasteiger partial charge in [0.15, 0.2) is 5.15 Å². The van der Waals surface area contributed by atoms with Crippen molar-refractivity contribution in [2.75, 3.05) is 0 Å². The molecule has 0 bridgehead atoms. The third-order valence-corrected chi connectivity index (χ3v) is 2.65. The molecule has 0 aliphatic rings. The van der Waals surface area contributed by atoms with Crippen molar-refractivity contribution in [3.05, 3.63) is 51.7 Å². The van der Waals surface area contributed by atoms with Crippen molar-refractivity contribution in [2.45, 2.75) is 6.54 Å². The number of nitrogens with zero attached hydrogens (tertiary/aromatic N) is 2. The number of carboxylic acids is 1. The number of aliphatic carboxylic acids is 1. The van der Waals surface area contributed by atoms with E-state index in [4.69, 9.17) is 16.7 Å². The second-order valence-corrected chi connectivity index (χ2v) is 4.11. The van der Waals surface area contributed by atoms with Crippen LogP contribution in [-0.4, -0.2) is 20.9 Å². The Balaban J connectivity index is 2.52. The fourth-order valence-corrected chi connectivity index (χ4v) is 1.82. The van der Waals surface area contributed by atoms with Gasteiger partial charge in [-0.3, -0.25) is 9.59 Å². The third-order valence-electron chi connectivity index (χ3n) is 2.37. The van der Waals surface area contributed by atoms with Crippen LogP contribution in [0.5, 0.6) is 0 Å². The van der Waals surface area contributed by atoms with Gasteiger partial charge in [0.1, 0.15) is 12.4 Å². The summed E-state index contributed by atoms with van der Waals surface area (Å²) in [6.45, 7) is -0.581. The first-order valence-electron chi connectivity index (χ1n) is 5.23. The molecule has 0 atom stereocenters. The van der Waals surface area contributed by atoms with Crippen LogP contribution in [0.15, 0.2) is 35.1 Å². The highest BCUT2D eigenvalue weighted by atomic mass is 35.5. The van der Waals surface area contributed by atoms with Crippen LogP contribution in [0.2, 0.25) is 5.15 Å². The number of carbonyl (C=O) groups is 1. The number of hydrogen-bond donors (Lipinski definition) is 1. The minimum Gasteiger partial charge on any atom is -0.480 e. The molecule has 0 radical (unpaired) electrons. The van der Waals surface area contributed by atoms with Crippen LogP contribution in [-0.2, 0) is 11.3 Å². The first-order chi connectivity index (χ1) is 8.97. The van der Waals surface area contributed by atoms with Gasteiger partial charge < -0.3 is 5.11 Å². The summed E-state index contributed by atoms with van der Waals surface area (Å²) in [5.74, 6) is -1.67. The fourth-order valence-electron chi connectivity index (χ4n) is 1.57. The Morgan fingerprint density at radius 2 is 2.16 bits per heavy atom. The van der Waals surface area contributed by atoms with Crippen molar-refractivity contribution in [1.82, 2.24) is 9.78 Å². The molecule has 5 nitrogen and oxygen atoms in total. The van der Waals surface area contributed by atoms with E-state index in [1.54, 1.807) is 6.07 Å². The Kier molecular flexibility index (Phi) is 3.62. The van der Waals surface area contributed by atoms with Crippen LogP contribution in [0.1, 0.15) is 0 Å². The lowest BCUT2D eigenvalue weighted by molar-refractivity contribution is -0.138. The van der Waals surface area contributed by atoms with Gasteiger partial charge in [0.05, 0.1) is 0 Å². The van der Waals surface area contributed by atoms with Crippen LogP contribution in [0.25, 0.3) is 11.1 Å². The molecule has 1 aromatic carbocycles. The number of aromatic nitrogens is 2. The van der Waals surface area contributed by atoms with E-state index in [0.717, 1.165) is 10.7 Å². The van der Waals surface area contributed by atoms with E-state index in [-0.39, 0.29) is 10.7 Å². The summed E-state index contributed by atoms with van der Waals surface area (Å²) < 4.78 is 13.8. The summed E-state index contributed by atoms with van der Waals surface area (Å²) in [5, 5.41) is 12.2. The molecule has 0 spiro atoms. The van der Waals surface area contributed by atoms with Crippen molar-refractivity contribution in [3.63, 3.8) is 0 Å². The standard InChI is InChI=1S/C12H8ClFN2O3/c13-12-9(7-2-1-3-8(14)4-7)5-10(17)16(15-12)6-11(18)19/h1-5H,6H2,(H,18,19). The molecule has 98 valence electrons. The number of hydrogen-bond acceptors (Lipinski definition) is 3. The van der Waals surface area contributed by atoms with Gasteiger partial charge >= 0.3 is 5.97 Å². The zero-order chi connectivity index (χ0) is 14.0. The maximum absolute atomic E-state index is 13.1. The van der Waals surface area contributed by atoms with Gasteiger partial charge in [0.2, 0.25) is 0 Å². The highest BCUT2D eigenvalue weighted by molar-refractivity contribution is 6.32. The predicted octanol–water partition coefficient (Wildman–Crippen LogP) is 1.79. The monoisotopic (exact) mass is 282 g/mol. The first kappa shape index (κ1) is 13.2. The molecule has 7 heteroatoms. The largest absolute Gasteiger partial charge is 0.480 e. The molecule has 1 heterocycles. The second kappa shape index (κ2) is 5.19. The molecule has 0 amide bonds. The zero-order valence-electron chi connectivity index (χ0n) is 9.51. The molecule has 2 rings (SSSR count). The van der Waals surface area contributed by atoms with Gasteiger partial charge in [-0.05, 0) is 17.7 Å². The van der Waals surface area contributed by atoms with Crippen molar-refractivity contribution in [3.8, 4) is 11.1 Å². The van der Waals surface area contributed by atoms with Crippen molar-refractivity contribution < 1.29 is 14.3 Å². The van der Waals surface area contributed by atoms with Crippen LogP contribution in [0.3, 0.4) is 0 Å². The molecule has 19 heavy (non-hydrogen) atoms. The molecule has 0 saturated carbocycles. The van der Waals surface area contributed by atoms with Gasteiger partial charge in [-0.15, -0.1) is 0 Å². The molecule has 1 aromatic heterocycles. The molecule has 1 N–H and O–H groups in total. The maximum Gasteiger partial charge on any atom is 0.325 e. The number of carboxylic acid groups (broad SMARTS) is 1. The predicted molar refractivity (Wildman–Crippen MR) is 66.5 cm³/mol. The van der Waals surface area contributed by atoms with E-state index >= 15 is 0 Å². The van der Waals surface area contributed by atoms with E-state index in [1.165, 1.54) is 18.2 Å². The summed E-state index contributed by atoms with van der Waals surface area (Å²) >= 11 is 5.89. The average molecular weight is 283 g/mol. The maximum atomic E-state index is 13.1. The van der Waals surface area contributed by atoms with E-state index in [9.17, 15) is 14.0 Å². The molecule has 0 aliphatic heterocycles. The highest BCUT2D eigenvalue weighted by Crippen LogP contribution is 2.24. The quantitative estimate of drug-likeness (QED) is 0.931. The van der Waals surface area contributed by atoms with Gasteiger partial charge in [-0.2, -0.15) is 5.10 Å². The lowest BCUT2D eigenvalue weighted by Gasteiger charge is -2.06. The normalized spacial score (nSPS) is 10.4. The third kappa shape index (κ3) is 2.97. The van der Waals surface area contributed by atoms with Crippen LogP contribution >= 0.6 is 11.6 Å². The Labute approximate surface area is 111 Å². The number of rotatable bonds is 3. The van der Waals surface area contributed by atoms with Gasteiger partial charge in [0, 0.05) is 11.6 Å². The summed E-state index contributed by atoms with van der Waals surface area (Å²) in [4.78, 5) is 22.2. The molecule has 0 aliphatic carbocycles. The van der Waals surface area contributed by atoms with E-state index < -0.39 is 23.9 Å². The number of benzene rings is 1. The SMILES string of the molecule is O=C(O)Cn1nc(Cl)c(-c2cccc(F)c2)cc1=O. The lowest BCUT2D eigenvalue weighted by atomic mass is 10.1. The smallest absolute Gasteiger partial charge is 0.325 e. The van der Waals surface area contributed by atoms with Crippen molar-refractivity contribution >= 4 is 17.6 Å². The summed E-state index contributed by atoms with van der Waals surface area (Å²) in [5.41, 5.74) is 0.0379. The molecule has 0 fully saturated rings. The fraction of sp³-hybridized carbons (Fsp3) is 0.0833. The van der Waals surface area contributed by atoms with Crippen LogP contribution < -0.4 is 5.56 Å². The van der Waals surface area contributed by atoms with Crippen LogP contribution in [0.4, 0.5) is 4.39 Å². The Hall–Kier alpha value is -2.21. The van der Waals surface area contributed by atoms with Gasteiger partial charge in [-0.1, -0.05) is 23.7 Å². The van der Waals surface area contributed by atoms with Gasteiger partial charge in [-0.25, -0.2) is 9.07 Å². The molecule has 0 saturated heterocycles. The summed E-state index contributed by atoms with van der Waals surface area (Å²) in [6.07, 6.45) is 0. The van der Waals surface area contributed by atoms with Crippen molar-refractivity contribution in [2.24, 2.45) is 0 Å². The Bertz CT molecular complexity index is 700. The second-order valence-electron chi connectivity index (χ2n) is 3.75. The van der Waals surface area contributed by atoms with Crippen LogP contribution in [0, 0.1) is 5.82 Å². The Morgan fingerprint density at radius 3 is 2.79 bits per heavy atom. The number of halogens is 2. The molecule has 0 unspecified atom stereocenters. The average Bonchev–Trinajstić information content (AvgIpc) is 2.32. The minimum absolute atomic E-state index is 0.0635. The van der Waals surface area contributed by atoms with E-state index in [1.807, 2.05) is 0 Å². The molecule has 2 aromatic rings. The highest BCUT2D eigenvalue weighted by Gasteiger charge is 2.11. The Morgan fingerprint density at radius 1 is 1.42 bits per heavy atom. The van der Waals surface area contributed by atoms with Gasteiger partial charge in [0.25, 0.3) is 5.56 Å². The van der Waals surface area contributed by atoms with Crippen molar-refractivity contribution in [1.29, 1.82) is 0 Å². The summed E-state index contributed by atoms with van der Waals surface area (Å²) in [6, 6.07) is 6.66. The minimum atomic E-state index is -1.20. The van der Waals surface area contributed by atoms with E-state index in [0.29, 0.717) is 5.56 Å². The molecular formula is C12H8ClFN2O3.